The van der Waals surface area contributed by atoms with Crippen LogP contribution in [0.3, 0.4) is 0 Å². The molecule has 0 saturated heterocycles. The third kappa shape index (κ3) is 4.47. The first-order valence-corrected chi connectivity index (χ1v) is 6.70. The predicted octanol–water partition coefficient (Wildman–Crippen LogP) is 1.26. The molecule has 6 heteroatoms. The zero-order valence-corrected chi connectivity index (χ0v) is 11.5. The number of benzene rings is 1. The molecule has 0 aliphatic heterocycles. The minimum Gasteiger partial charge on any atom is -0.326 e. The summed E-state index contributed by atoms with van der Waals surface area (Å²) >= 11 is 0. The van der Waals surface area contributed by atoms with Crippen LogP contribution < -0.4 is 10.6 Å². The highest BCUT2D eigenvalue weighted by Crippen LogP contribution is 2.11. The van der Waals surface area contributed by atoms with Crippen LogP contribution in [0.4, 0.5) is 5.69 Å². The van der Waals surface area contributed by atoms with Crippen molar-refractivity contribution in [3.8, 4) is 0 Å². The lowest BCUT2D eigenvalue weighted by molar-refractivity contribution is -0.116. The summed E-state index contributed by atoms with van der Waals surface area (Å²) < 4.78 is 1.74. The van der Waals surface area contributed by atoms with Gasteiger partial charge in [0.2, 0.25) is 5.91 Å². The fourth-order valence-electron chi connectivity index (χ4n) is 1.85. The Balaban J connectivity index is 1.90. The van der Waals surface area contributed by atoms with Gasteiger partial charge in [0.1, 0.15) is 12.7 Å². The summed E-state index contributed by atoms with van der Waals surface area (Å²) in [6.45, 7) is 4.23. The standard InChI is InChI=1S/C14H19N5O/c1-2-15-7-6-14(20)18-13-5-3-4-12(8-13)9-19-11-16-10-17-19/h3-5,8,10-11,15H,2,6-7,9H2,1H3,(H,18,20). The Morgan fingerprint density at radius 2 is 2.30 bits per heavy atom. The van der Waals surface area contributed by atoms with Gasteiger partial charge in [-0.25, -0.2) is 9.67 Å². The van der Waals surface area contributed by atoms with Gasteiger partial charge in [-0.05, 0) is 24.2 Å². The van der Waals surface area contributed by atoms with E-state index in [4.69, 9.17) is 0 Å². The van der Waals surface area contributed by atoms with Crippen LogP contribution >= 0.6 is 0 Å². The molecule has 0 fully saturated rings. The van der Waals surface area contributed by atoms with Crippen LogP contribution in [0.15, 0.2) is 36.9 Å². The number of anilines is 1. The van der Waals surface area contributed by atoms with E-state index in [2.05, 4.69) is 20.7 Å². The summed E-state index contributed by atoms with van der Waals surface area (Å²) in [5, 5.41) is 10.1. The smallest absolute Gasteiger partial charge is 0.225 e. The maximum Gasteiger partial charge on any atom is 0.225 e. The van der Waals surface area contributed by atoms with Crippen LogP contribution in [0.5, 0.6) is 0 Å². The molecule has 1 amide bonds. The maximum absolute atomic E-state index is 11.7. The van der Waals surface area contributed by atoms with Crippen molar-refractivity contribution in [2.45, 2.75) is 19.9 Å². The number of hydrogen-bond donors (Lipinski definition) is 2. The first kappa shape index (κ1) is 14.2. The van der Waals surface area contributed by atoms with Crippen molar-refractivity contribution in [1.82, 2.24) is 20.1 Å². The lowest BCUT2D eigenvalue weighted by Crippen LogP contribution is -2.21. The number of hydrogen-bond acceptors (Lipinski definition) is 4. The fourth-order valence-corrected chi connectivity index (χ4v) is 1.85. The van der Waals surface area contributed by atoms with Crippen LogP contribution in [0.1, 0.15) is 18.9 Å². The average Bonchev–Trinajstić information content (AvgIpc) is 2.92. The molecule has 1 aromatic heterocycles. The molecule has 0 aliphatic carbocycles. The Kier molecular flexibility index (Phi) is 5.25. The van der Waals surface area contributed by atoms with Gasteiger partial charge in [0, 0.05) is 18.7 Å². The highest BCUT2D eigenvalue weighted by molar-refractivity contribution is 5.90. The van der Waals surface area contributed by atoms with Gasteiger partial charge in [-0.15, -0.1) is 0 Å². The first-order chi connectivity index (χ1) is 9.78. The summed E-state index contributed by atoms with van der Waals surface area (Å²) in [4.78, 5) is 15.6. The Labute approximate surface area is 118 Å². The highest BCUT2D eigenvalue weighted by atomic mass is 16.1. The second-order valence-electron chi connectivity index (χ2n) is 4.45. The second-order valence-corrected chi connectivity index (χ2v) is 4.45. The third-order valence-corrected chi connectivity index (χ3v) is 2.80. The van der Waals surface area contributed by atoms with Gasteiger partial charge in [-0.2, -0.15) is 5.10 Å². The molecule has 1 heterocycles. The highest BCUT2D eigenvalue weighted by Gasteiger charge is 2.03. The summed E-state index contributed by atoms with van der Waals surface area (Å²) in [6.07, 6.45) is 3.65. The number of nitrogens with one attached hydrogen (secondary N) is 2. The molecule has 0 bridgehead atoms. The number of carbonyl (C=O) groups is 1. The fraction of sp³-hybridized carbons (Fsp3) is 0.357. The zero-order valence-electron chi connectivity index (χ0n) is 11.5. The second kappa shape index (κ2) is 7.40. The predicted molar refractivity (Wildman–Crippen MR) is 77.4 cm³/mol. The van der Waals surface area contributed by atoms with Crippen molar-refractivity contribution >= 4 is 11.6 Å². The van der Waals surface area contributed by atoms with E-state index in [-0.39, 0.29) is 5.91 Å². The van der Waals surface area contributed by atoms with E-state index in [9.17, 15) is 4.79 Å². The van der Waals surface area contributed by atoms with Crippen LogP contribution in [-0.2, 0) is 11.3 Å². The normalized spacial score (nSPS) is 10.4. The molecular formula is C14H19N5O. The minimum atomic E-state index is 0.0175. The molecule has 0 spiro atoms. The molecule has 106 valence electrons. The van der Waals surface area contributed by atoms with Crippen LogP contribution in [0.25, 0.3) is 0 Å². The van der Waals surface area contributed by atoms with E-state index in [1.807, 2.05) is 31.2 Å². The third-order valence-electron chi connectivity index (χ3n) is 2.80. The Hall–Kier alpha value is -2.21. The van der Waals surface area contributed by atoms with Gasteiger partial charge in [-0.1, -0.05) is 19.1 Å². The Morgan fingerprint density at radius 3 is 3.05 bits per heavy atom. The van der Waals surface area contributed by atoms with Crippen molar-refractivity contribution in [3.63, 3.8) is 0 Å². The number of carbonyl (C=O) groups excluding carboxylic acids is 1. The van der Waals surface area contributed by atoms with Gasteiger partial charge in [-0.3, -0.25) is 4.79 Å². The molecule has 6 nitrogen and oxygen atoms in total. The molecule has 1 aromatic carbocycles. The van der Waals surface area contributed by atoms with Gasteiger partial charge in [0.05, 0.1) is 6.54 Å². The molecule has 0 saturated carbocycles. The van der Waals surface area contributed by atoms with E-state index in [1.165, 1.54) is 6.33 Å². The summed E-state index contributed by atoms with van der Waals surface area (Å²) in [7, 11) is 0. The SMILES string of the molecule is CCNCCC(=O)Nc1cccc(Cn2cncn2)c1. The zero-order chi connectivity index (χ0) is 14.2. The monoisotopic (exact) mass is 273 g/mol. The van der Waals surface area contributed by atoms with Gasteiger partial charge in [0.25, 0.3) is 0 Å². The van der Waals surface area contributed by atoms with Gasteiger partial charge < -0.3 is 10.6 Å². The topological polar surface area (TPSA) is 71.8 Å². The molecule has 0 unspecified atom stereocenters. The number of rotatable bonds is 7. The van der Waals surface area contributed by atoms with Crippen molar-refractivity contribution in [1.29, 1.82) is 0 Å². The number of amides is 1. The van der Waals surface area contributed by atoms with E-state index < -0.39 is 0 Å². The summed E-state index contributed by atoms with van der Waals surface area (Å²) in [6, 6.07) is 7.75. The summed E-state index contributed by atoms with van der Waals surface area (Å²) in [5.41, 5.74) is 1.88. The summed E-state index contributed by atoms with van der Waals surface area (Å²) in [5.74, 6) is 0.0175. The number of nitrogens with zero attached hydrogens (tertiary/aromatic N) is 3. The average molecular weight is 273 g/mol. The van der Waals surface area contributed by atoms with Gasteiger partial charge in [0.15, 0.2) is 0 Å². The molecular weight excluding hydrogens is 254 g/mol. The molecule has 0 aliphatic rings. The van der Waals surface area contributed by atoms with Crippen LogP contribution in [-0.4, -0.2) is 33.8 Å². The molecule has 2 rings (SSSR count). The van der Waals surface area contributed by atoms with E-state index in [0.717, 1.165) is 17.8 Å². The largest absolute Gasteiger partial charge is 0.326 e. The lowest BCUT2D eigenvalue weighted by atomic mass is 10.2. The maximum atomic E-state index is 11.7. The van der Waals surface area contributed by atoms with E-state index in [1.54, 1.807) is 11.0 Å². The Morgan fingerprint density at radius 1 is 1.40 bits per heavy atom. The van der Waals surface area contributed by atoms with Crippen molar-refractivity contribution in [3.05, 3.63) is 42.5 Å². The Bertz CT molecular complexity index is 538. The number of aromatic nitrogens is 3. The van der Waals surface area contributed by atoms with E-state index >= 15 is 0 Å². The molecule has 2 N–H and O–H groups in total. The van der Waals surface area contributed by atoms with Crippen molar-refractivity contribution in [2.24, 2.45) is 0 Å². The van der Waals surface area contributed by atoms with Crippen molar-refractivity contribution in [2.75, 3.05) is 18.4 Å². The van der Waals surface area contributed by atoms with Crippen LogP contribution in [0, 0.1) is 0 Å². The first-order valence-electron chi connectivity index (χ1n) is 6.70. The van der Waals surface area contributed by atoms with Gasteiger partial charge >= 0.3 is 0 Å². The van der Waals surface area contributed by atoms with Crippen molar-refractivity contribution < 1.29 is 4.79 Å². The van der Waals surface area contributed by atoms with Crippen LogP contribution in [0.2, 0.25) is 0 Å². The van der Waals surface area contributed by atoms with E-state index in [0.29, 0.717) is 19.5 Å². The molecule has 0 radical (unpaired) electrons. The molecule has 2 aromatic rings. The molecule has 20 heavy (non-hydrogen) atoms. The minimum absolute atomic E-state index is 0.0175. The molecule has 0 atom stereocenters. The quantitative estimate of drug-likeness (QED) is 0.745. The lowest BCUT2D eigenvalue weighted by Gasteiger charge is -2.08.